The Kier molecular flexibility index (Phi) is 10.7. The Morgan fingerprint density at radius 2 is 1.48 bits per heavy atom. The molecule has 23 heavy (non-hydrogen) atoms. The Bertz CT molecular complexity index is 501. The summed E-state index contributed by atoms with van der Waals surface area (Å²) in [5.74, 6) is -2.08. The lowest BCUT2D eigenvalue weighted by atomic mass is 10.1. The molecule has 126 valence electrons. The molecule has 3 N–H and O–H groups in total. The van der Waals surface area contributed by atoms with Crippen LogP contribution in [-0.2, 0) is 14.3 Å². The number of aliphatic hydroxyl groups excluding tert-OH is 2. The molecule has 0 unspecified atom stereocenters. The molecule has 1 aromatic carbocycles. The fourth-order valence-corrected chi connectivity index (χ4v) is 1.26. The lowest BCUT2D eigenvalue weighted by Gasteiger charge is -1.94. The van der Waals surface area contributed by atoms with E-state index in [1.807, 2.05) is 0 Å². The number of esters is 2. The predicted molar refractivity (Wildman–Crippen MR) is 79.0 cm³/mol. The van der Waals surface area contributed by atoms with E-state index in [4.69, 9.17) is 15.3 Å². The van der Waals surface area contributed by atoms with Crippen molar-refractivity contribution in [1.82, 2.24) is 0 Å². The Balaban J connectivity index is 0.000000351. The SMILES string of the molecule is C=CC(=O)O.O=C1OC(=O)c2ccccc21.OCCOCCO. The van der Waals surface area contributed by atoms with Crippen LogP contribution in [0.1, 0.15) is 20.7 Å². The zero-order valence-electron chi connectivity index (χ0n) is 12.3. The Morgan fingerprint density at radius 1 is 1.09 bits per heavy atom. The van der Waals surface area contributed by atoms with Crippen LogP contribution < -0.4 is 0 Å². The molecule has 0 fully saturated rings. The van der Waals surface area contributed by atoms with Crippen molar-refractivity contribution in [3.63, 3.8) is 0 Å². The quantitative estimate of drug-likeness (QED) is 0.304. The van der Waals surface area contributed by atoms with Crippen molar-refractivity contribution in [3.05, 3.63) is 48.0 Å². The molecule has 2 rings (SSSR count). The van der Waals surface area contributed by atoms with Gasteiger partial charge in [-0.05, 0) is 12.1 Å². The van der Waals surface area contributed by atoms with Crippen LogP contribution in [0.3, 0.4) is 0 Å². The predicted octanol–water partition coefficient (Wildman–Crippen LogP) is 0.242. The van der Waals surface area contributed by atoms with Gasteiger partial charge in [-0.25, -0.2) is 14.4 Å². The maximum atomic E-state index is 10.8. The van der Waals surface area contributed by atoms with E-state index in [1.165, 1.54) is 0 Å². The summed E-state index contributed by atoms with van der Waals surface area (Å²) in [5.41, 5.74) is 0.718. The first-order chi connectivity index (χ1) is 11.0. The molecule has 1 aliphatic heterocycles. The zero-order chi connectivity index (χ0) is 17.7. The summed E-state index contributed by atoms with van der Waals surface area (Å²) < 4.78 is 8.99. The number of aliphatic carboxylic acids is 1. The summed E-state index contributed by atoms with van der Waals surface area (Å²) >= 11 is 0. The minimum absolute atomic E-state index is 0.0278. The van der Waals surface area contributed by atoms with Gasteiger partial charge < -0.3 is 24.8 Å². The van der Waals surface area contributed by atoms with Crippen molar-refractivity contribution < 1.29 is 39.2 Å². The number of rotatable bonds is 5. The molecule has 0 aliphatic carbocycles. The van der Waals surface area contributed by atoms with Crippen LogP contribution in [0, 0.1) is 0 Å². The van der Waals surface area contributed by atoms with Crippen LogP contribution >= 0.6 is 0 Å². The monoisotopic (exact) mass is 326 g/mol. The highest BCUT2D eigenvalue weighted by Gasteiger charge is 2.28. The maximum Gasteiger partial charge on any atom is 0.346 e. The van der Waals surface area contributed by atoms with Crippen molar-refractivity contribution >= 4 is 17.9 Å². The second-order valence-electron chi connectivity index (χ2n) is 3.82. The number of aliphatic hydroxyl groups is 2. The zero-order valence-corrected chi connectivity index (χ0v) is 12.3. The number of ether oxygens (including phenoxy) is 2. The number of hydrogen-bond acceptors (Lipinski definition) is 7. The standard InChI is InChI=1S/C8H4O3.C4H10O3.C3H4O2/c9-7-5-3-1-2-4-6(5)8(10)11-7;5-1-3-7-4-2-6;1-2-3(4)5/h1-4H;5-6H,1-4H2;2H,1H2,(H,4,5). The van der Waals surface area contributed by atoms with Gasteiger partial charge in [-0.3, -0.25) is 0 Å². The highest BCUT2D eigenvalue weighted by Crippen LogP contribution is 2.18. The molecule has 0 atom stereocenters. The molecular weight excluding hydrogens is 308 g/mol. The topological polar surface area (TPSA) is 130 Å². The van der Waals surface area contributed by atoms with Gasteiger partial charge >= 0.3 is 17.9 Å². The normalized spacial score (nSPS) is 11.2. The van der Waals surface area contributed by atoms with Gasteiger partial charge in [0.1, 0.15) is 0 Å². The number of carbonyl (C=O) groups is 3. The first-order valence-electron chi connectivity index (χ1n) is 6.48. The van der Waals surface area contributed by atoms with Crippen molar-refractivity contribution in [3.8, 4) is 0 Å². The molecule has 0 saturated carbocycles. The molecule has 8 heteroatoms. The fourth-order valence-electron chi connectivity index (χ4n) is 1.26. The first kappa shape index (κ1) is 20.5. The van der Waals surface area contributed by atoms with Crippen LogP contribution in [0.2, 0.25) is 0 Å². The van der Waals surface area contributed by atoms with E-state index in [0.717, 1.165) is 6.08 Å². The lowest BCUT2D eigenvalue weighted by molar-refractivity contribution is -0.131. The number of carboxylic acids is 1. The number of benzene rings is 1. The minimum Gasteiger partial charge on any atom is -0.478 e. The second-order valence-corrected chi connectivity index (χ2v) is 3.82. The smallest absolute Gasteiger partial charge is 0.346 e. The van der Waals surface area contributed by atoms with Gasteiger partial charge in [0.25, 0.3) is 0 Å². The minimum atomic E-state index is -0.981. The summed E-state index contributed by atoms with van der Waals surface area (Å²) in [6, 6.07) is 6.53. The van der Waals surface area contributed by atoms with E-state index < -0.39 is 17.9 Å². The van der Waals surface area contributed by atoms with E-state index in [-0.39, 0.29) is 13.2 Å². The summed E-state index contributed by atoms with van der Waals surface area (Å²) in [4.78, 5) is 30.9. The van der Waals surface area contributed by atoms with Crippen molar-refractivity contribution in [2.24, 2.45) is 0 Å². The molecule has 1 aliphatic rings. The third-order valence-corrected chi connectivity index (χ3v) is 2.20. The Labute approximate surface area is 132 Å². The molecule has 1 aromatic rings. The summed E-state index contributed by atoms with van der Waals surface area (Å²) in [7, 11) is 0. The summed E-state index contributed by atoms with van der Waals surface area (Å²) in [5, 5.41) is 23.8. The maximum absolute atomic E-state index is 10.8. The number of carboxylic acid groups (broad SMARTS) is 1. The molecule has 0 radical (unpaired) electrons. The molecular formula is C15H18O8. The van der Waals surface area contributed by atoms with Crippen molar-refractivity contribution in [2.45, 2.75) is 0 Å². The highest BCUT2D eigenvalue weighted by molar-refractivity contribution is 6.14. The van der Waals surface area contributed by atoms with Gasteiger partial charge in [-0.2, -0.15) is 0 Å². The Morgan fingerprint density at radius 3 is 1.78 bits per heavy atom. The van der Waals surface area contributed by atoms with E-state index >= 15 is 0 Å². The van der Waals surface area contributed by atoms with Gasteiger partial charge in [-0.1, -0.05) is 18.7 Å². The van der Waals surface area contributed by atoms with Gasteiger partial charge in [0.05, 0.1) is 37.6 Å². The van der Waals surface area contributed by atoms with Gasteiger partial charge in [0, 0.05) is 6.08 Å². The highest BCUT2D eigenvalue weighted by atomic mass is 16.6. The summed E-state index contributed by atoms with van der Waals surface area (Å²) in [6.45, 7) is 3.66. The van der Waals surface area contributed by atoms with Crippen molar-refractivity contribution in [2.75, 3.05) is 26.4 Å². The number of carbonyl (C=O) groups excluding carboxylic acids is 2. The fraction of sp³-hybridized carbons (Fsp3) is 0.267. The molecule has 0 bridgehead atoms. The van der Waals surface area contributed by atoms with E-state index in [2.05, 4.69) is 16.1 Å². The molecule has 8 nitrogen and oxygen atoms in total. The van der Waals surface area contributed by atoms with Crippen LogP contribution in [-0.4, -0.2) is 59.7 Å². The molecule has 1 heterocycles. The van der Waals surface area contributed by atoms with E-state index in [9.17, 15) is 14.4 Å². The van der Waals surface area contributed by atoms with Gasteiger partial charge in [0.15, 0.2) is 0 Å². The average Bonchev–Trinajstić information content (AvgIpc) is 2.84. The summed E-state index contributed by atoms with van der Waals surface area (Å²) in [6.07, 6.45) is 0.833. The number of hydrogen-bond donors (Lipinski definition) is 3. The first-order valence-corrected chi connectivity index (χ1v) is 6.48. The van der Waals surface area contributed by atoms with Crippen LogP contribution in [0.15, 0.2) is 36.9 Å². The largest absolute Gasteiger partial charge is 0.478 e. The van der Waals surface area contributed by atoms with Gasteiger partial charge in [0.2, 0.25) is 0 Å². The third-order valence-electron chi connectivity index (χ3n) is 2.20. The molecule has 0 spiro atoms. The second kappa shape index (κ2) is 12.0. The van der Waals surface area contributed by atoms with E-state index in [0.29, 0.717) is 24.3 Å². The lowest BCUT2D eigenvalue weighted by Crippen LogP contribution is -2.03. The molecule has 0 amide bonds. The van der Waals surface area contributed by atoms with Crippen LogP contribution in [0.5, 0.6) is 0 Å². The van der Waals surface area contributed by atoms with Gasteiger partial charge in [-0.15, -0.1) is 0 Å². The Hall–Kier alpha value is -2.55. The number of fused-ring (bicyclic) bond motifs is 1. The van der Waals surface area contributed by atoms with Crippen LogP contribution in [0.4, 0.5) is 0 Å². The number of cyclic esters (lactones) is 2. The van der Waals surface area contributed by atoms with Crippen LogP contribution in [0.25, 0.3) is 0 Å². The third kappa shape index (κ3) is 8.47. The van der Waals surface area contributed by atoms with E-state index in [1.54, 1.807) is 24.3 Å². The average molecular weight is 326 g/mol. The molecule has 0 aromatic heterocycles. The molecule has 0 saturated heterocycles. The van der Waals surface area contributed by atoms with Crippen molar-refractivity contribution in [1.29, 1.82) is 0 Å².